The largest absolute Gasteiger partial charge is 0.381 e. The molecule has 1 saturated heterocycles. The van der Waals surface area contributed by atoms with E-state index in [1.54, 1.807) is 6.92 Å². The van der Waals surface area contributed by atoms with Crippen LogP contribution in [-0.2, 0) is 9.53 Å². The molecule has 0 aromatic carbocycles. The molecule has 0 N–H and O–H groups in total. The number of rotatable bonds is 11. The van der Waals surface area contributed by atoms with E-state index in [1.807, 2.05) is 12.0 Å². The van der Waals surface area contributed by atoms with E-state index in [0.29, 0.717) is 16.9 Å². The van der Waals surface area contributed by atoms with Crippen molar-refractivity contribution < 1.29 is 9.53 Å². The van der Waals surface area contributed by atoms with Crippen LogP contribution in [0.1, 0.15) is 499 Å². The Bertz CT molecular complexity index is 1630. The molecule has 0 aromatic rings. The molecule has 12 rings (SSSR count). The zero-order valence-electron chi connectivity index (χ0n) is 73.7. The standard InChI is InChI=1S/C11H22.C9H18.C8H15NO.C8H16O.3C8H16.2C7H14.2C6H12.C6H14.C5H10/c1-9-5-7-10(8-6-9)11(2,3)4;1-2-9-7-5-3-4-6-8-9;1-7-3-5-9(6-4-7)8(2)10;1-7-3-5-8(9-2)6-4-7;1-7-3-5-8(2)6-4-7;1-8(2)6-4-3-5-7-8;1-2-8-6-4-3-5-7-8;1-2-7-5-3-4-6-7;1-2-4-7-5-3-6-7;1-2-6-4-3-5-6;1-2-3-6-4-5-6;1-4-6(3)5-2;1-5-3-2-4-5/h9-10H,5-8H2,1-4H3;9H,2-8H2,1H3;7H,3-6H2,1-2H3;7-8H,3-6H2,1-2H3;7-8H,3-6H2,1-2H3;3-7H2,1-2H3;8H,2-7H2,1H3;2*7H,2-6H2,1H3;2*6H,2-5H2,1H3;6H,4-5H2,1-3H3;5H,2-4H2,1H3. The van der Waals surface area contributed by atoms with Gasteiger partial charge in [0.1, 0.15) is 0 Å². The van der Waals surface area contributed by atoms with Gasteiger partial charge in [0.15, 0.2) is 0 Å². The molecule has 0 unspecified atom stereocenters. The Hall–Kier alpha value is -0.570. The lowest BCUT2D eigenvalue weighted by atomic mass is 9.70. The number of hydrogen-bond donors (Lipinski definition) is 0. The van der Waals surface area contributed by atoms with E-state index in [-0.39, 0.29) is 5.91 Å². The van der Waals surface area contributed by atoms with Crippen molar-refractivity contribution in [3.05, 3.63) is 0 Å². The van der Waals surface area contributed by atoms with Crippen LogP contribution in [0.2, 0.25) is 0 Å². The molecule has 600 valence electrons. The first-order chi connectivity index (χ1) is 47.8. The van der Waals surface area contributed by atoms with Crippen LogP contribution >= 0.6 is 0 Å². The van der Waals surface area contributed by atoms with Gasteiger partial charge in [-0.05, 0) is 158 Å². The Balaban J connectivity index is 0.00000107. The molecule has 0 aromatic heterocycles. The van der Waals surface area contributed by atoms with Gasteiger partial charge in [-0.15, -0.1) is 0 Å². The summed E-state index contributed by atoms with van der Waals surface area (Å²) in [5.41, 5.74) is 1.23. The van der Waals surface area contributed by atoms with Crippen molar-refractivity contribution in [1.82, 2.24) is 4.90 Å². The van der Waals surface area contributed by atoms with Crippen molar-refractivity contribution in [3.63, 3.8) is 0 Å². The smallest absolute Gasteiger partial charge is 0.219 e. The number of carbonyl (C=O) groups excluding carboxylic acids is 1. The molecule has 3 heteroatoms. The second-order valence-corrected chi connectivity index (χ2v) is 38.4. The lowest BCUT2D eigenvalue weighted by molar-refractivity contribution is -0.130. The summed E-state index contributed by atoms with van der Waals surface area (Å²) in [6.07, 6.45) is 80.4. The Morgan fingerprint density at radius 1 is 0.370 bits per heavy atom. The third kappa shape index (κ3) is 58.5. The van der Waals surface area contributed by atoms with Crippen LogP contribution in [-0.4, -0.2) is 37.1 Å². The number of likely N-dealkylation sites (tertiary alicyclic amines) is 1. The second-order valence-electron chi connectivity index (χ2n) is 38.4. The summed E-state index contributed by atoms with van der Waals surface area (Å²) >= 11 is 0. The van der Waals surface area contributed by atoms with Gasteiger partial charge in [0.25, 0.3) is 0 Å². The number of piperidine rings is 1. The molecule has 1 heterocycles. The fourth-order valence-electron chi connectivity index (χ4n) is 16.4. The van der Waals surface area contributed by atoms with E-state index >= 15 is 0 Å². The minimum Gasteiger partial charge on any atom is -0.381 e. The van der Waals surface area contributed by atoms with E-state index in [2.05, 4.69) is 138 Å². The third-order valence-corrected chi connectivity index (χ3v) is 27.1. The number of ether oxygens (including phenoxy) is 1. The van der Waals surface area contributed by atoms with Crippen molar-refractivity contribution in [1.29, 1.82) is 0 Å². The predicted molar refractivity (Wildman–Crippen MR) is 454 cm³/mol. The van der Waals surface area contributed by atoms with Gasteiger partial charge in [-0.1, -0.05) is 427 Å². The maximum absolute atomic E-state index is 10.8. The van der Waals surface area contributed by atoms with E-state index in [4.69, 9.17) is 4.74 Å². The minimum atomic E-state index is 0.229. The van der Waals surface area contributed by atoms with Crippen LogP contribution < -0.4 is 0 Å². The maximum Gasteiger partial charge on any atom is 0.219 e. The van der Waals surface area contributed by atoms with E-state index in [9.17, 15) is 4.79 Å². The van der Waals surface area contributed by atoms with Gasteiger partial charge in [0.05, 0.1) is 6.10 Å². The number of carbonyl (C=O) groups is 1. The fourth-order valence-corrected chi connectivity index (χ4v) is 16.4. The monoisotopic (exact) mass is 1410 g/mol. The van der Waals surface area contributed by atoms with Gasteiger partial charge in [-0.3, -0.25) is 4.79 Å². The SMILES string of the molecule is CC(=O)N1CCC(C)CC1.CC1(C)CCCCC1.CC1CCC(C(C)(C)C)CC1.CC1CCC(C)CC1.CC1CCC1.CCC(C)CC.CCC1CCC1.CCC1CCCC1.CCC1CCCCC1.CCC1CCCCCC1.CCCC1CC1.CCCC1CCC1.COC1CCC(C)CC1. The van der Waals surface area contributed by atoms with Crippen molar-refractivity contribution in [2.75, 3.05) is 20.2 Å². The average molecular weight is 1410 g/mol. The second kappa shape index (κ2) is 64.4. The van der Waals surface area contributed by atoms with E-state index in [0.717, 1.165) is 95.9 Å². The summed E-state index contributed by atoms with van der Waals surface area (Å²) in [5, 5.41) is 0. The molecular weight excluding hydrogens is 1210 g/mol. The Morgan fingerprint density at radius 2 is 0.650 bits per heavy atom. The molecule has 100 heavy (non-hydrogen) atoms. The first-order valence-electron chi connectivity index (χ1n) is 46.6. The van der Waals surface area contributed by atoms with Crippen LogP contribution in [0, 0.1) is 93.7 Å². The fraction of sp³-hybridized carbons (Fsp3) is 0.990. The topological polar surface area (TPSA) is 29.5 Å². The summed E-state index contributed by atoms with van der Waals surface area (Å²) in [7, 11) is 1.82. The molecule has 11 aliphatic carbocycles. The summed E-state index contributed by atoms with van der Waals surface area (Å²) in [6, 6.07) is 0. The Morgan fingerprint density at radius 3 is 0.870 bits per heavy atom. The van der Waals surface area contributed by atoms with E-state index in [1.165, 1.54) is 353 Å². The van der Waals surface area contributed by atoms with Gasteiger partial charge in [-0.2, -0.15) is 0 Å². The molecule has 0 atom stereocenters. The molecule has 0 spiro atoms. The molecule has 0 bridgehead atoms. The highest BCUT2D eigenvalue weighted by atomic mass is 16.5. The van der Waals surface area contributed by atoms with Gasteiger partial charge in [0, 0.05) is 27.1 Å². The van der Waals surface area contributed by atoms with Crippen molar-refractivity contribution in [2.24, 2.45) is 93.7 Å². The van der Waals surface area contributed by atoms with E-state index < -0.39 is 0 Å². The van der Waals surface area contributed by atoms with Crippen molar-refractivity contribution in [2.45, 2.75) is 505 Å². The molecular formula is C97H195NO2. The highest BCUT2D eigenvalue weighted by Crippen LogP contribution is 2.40. The van der Waals surface area contributed by atoms with Gasteiger partial charge < -0.3 is 9.64 Å². The van der Waals surface area contributed by atoms with Crippen LogP contribution in [0.5, 0.6) is 0 Å². The average Bonchev–Trinajstić information content (AvgIpc) is 2.00. The summed E-state index contributed by atoms with van der Waals surface area (Å²) in [4.78, 5) is 12.8. The zero-order chi connectivity index (χ0) is 74.8. The minimum absolute atomic E-state index is 0.229. The van der Waals surface area contributed by atoms with Crippen molar-refractivity contribution in [3.8, 4) is 0 Å². The summed E-state index contributed by atoms with van der Waals surface area (Å²) in [5.74, 6) is 14.7. The summed E-state index contributed by atoms with van der Waals surface area (Å²) in [6.45, 7) is 50.0. The molecule has 0 radical (unpaired) electrons. The molecule has 11 saturated carbocycles. The predicted octanol–water partition coefficient (Wildman–Crippen LogP) is 33.3. The zero-order valence-corrected chi connectivity index (χ0v) is 73.7. The highest BCUT2D eigenvalue weighted by molar-refractivity contribution is 5.73. The third-order valence-electron chi connectivity index (χ3n) is 27.1. The highest BCUT2D eigenvalue weighted by Gasteiger charge is 2.28. The van der Waals surface area contributed by atoms with Gasteiger partial charge in [0.2, 0.25) is 5.91 Å². The first-order valence-corrected chi connectivity index (χ1v) is 46.6. The maximum atomic E-state index is 10.8. The molecule has 3 nitrogen and oxygen atoms in total. The molecule has 1 amide bonds. The number of methoxy groups -OCH3 is 1. The number of nitrogens with zero attached hydrogens (tertiary/aromatic N) is 1. The lowest BCUT2D eigenvalue weighted by Crippen LogP contribution is -2.36. The Kier molecular flexibility index (Phi) is 64.1. The number of amides is 1. The Labute approximate surface area is 635 Å². The van der Waals surface area contributed by atoms with Crippen molar-refractivity contribution >= 4 is 5.91 Å². The normalized spacial score (nSPS) is 26.3. The molecule has 12 aliphatic rings. The summed E-state index contributed by atoms with van der Waals surface area (Å²) < 4.78 is 5.24. The van der Waals surface area contributed by atoms with Crippen LogP contribution in [0.15, 0.2) is 0 Å². The van der Waals surface area contributed by atoms with Crippen LogP contribution in [0.4, 0.5) is 0 Å². The number of hydrogen-bond acceptors (Lipinski definition) is 2. The molecule has 1 aliphatic heterocycles. The van der Waals surface area contributed by atoms with Gasteiger partial charge in [-0.25, -0.2) is 0 Å². The lowest BCUT2D eigenvalue weighted by Gasteiger charge is -2.35. The van der Waals surface area contributed by atoms with Crippen LogP contribution in [0.25, 0.3) is 0 Å². The quantitative estimate of drug-likeness (QED) is 0.193. The van der Waals surface area contributed by atoms with Crippen LogP contribution in [0.3, 0.4) is 0 Å². The first kappa shape index (κ1) is 99.4. The van der Waals surface area contributed by atoms with Gasteiger partial charge >= 0.3 is 0 Å². The molecule has 12 fully saturated rings.